The number of primary amides is 1. The molecule has 0 aliphatic carbocycles. The Balaban J connectivity index is 1.37. The number of anilines is 2. The van der Waals surface area contributed by atoms with Crippen LogP contribution in [0.2, 0.25) is 0 Å². The maximum absolute atomic E-state index is 14.1. The van der Waals surface area contributed by atoms with E-state index in [1.165, 1.54) is 0 Å². The van der Waals surface area contributed by atoms with Crippen LogP contribution in [-0.2, 0) is 16.6 Å². The van der Waals surface area contributed by atoms with Crippen molar-refractivity contribution < 1.29 is 31.5 Å². The summed E-state index contributed by atoms with van der Waals surface area (Å²) in [7, 11) is -3.37. The monoisotopic (exact) mass is 644 g/mol. The van der Waals surface area contributed by atoms with Crippen molar-refractivity contribution in [2.45, 2.75) is 64.6 Å². The number of aromatic nitrogens is 1. The summed E-state index contributed by atoms with van der Waals surface area (Å²) in [6.07, 6.45) is 5.35. The van der Waals surface area contributed by atoms with Gasteiger partial charge < -0.3 is 21.1 Å². The summed E-state index contributed by atoms with van der Waals surface area (Å²) >= 11 is 0. The molecule has 2 aromatic carbocycles. The topological polar surface area (TPSA) is 156 Å². The molecular weight excluding hydrogens is 606 g/mol. The fraction of sp³-hybridized carbons (Fsp3) is 0.387. The fourth-order valence-electron chi connectivity index (χ4n) is 5.38. The van der Waals surface area contributed by atoms with Crippen LogP contribution >= 0.6 is 0 Å². The number of benzene rings is 2. The smallest absolute Gasteiger partial charge is 0.319 e. The van der Waals surface area contributed by atoms with E-state index in [2.05, 4.69) is 32.2 Å². The van der Waals surface area contributed by atoms with Gasteiger partial charge in [0.25, 0.3) is 5.91 Å². The van der Waals surface area contributed by atoms with Crippen molar-refractivity contribution >= 4 is 33.3 Å². The van der Waals surface area contributed by atoms with Crippen molar-refractivity contribution in [1.29, 1.82) is 0 Å². The van der Waals surface area contributed by atoms with Crippen LogP contribution in [0.1, 0.15) is 60.6 Å². The Morgan fingerprint density at radius 2 is 1.87 bits per heavy atom. The third-order valence-electron chi connectivity index (χ3n) is 7.54. The third kappa shape index (κ3) is 9.59. The molecule has 5 N–H and O–H groups in total. The second kappa shape index (κ2) is 14.7. The standard InChI is InChI=1S/C31H38F2N6O5S/c1-4-5-6-24-17-23(36-31(41)37-27-16-21(32)15-26(33)29(27)30(34)40)13-14-39(24)18-20-7-12-28(35-19(20)2)44-25-10-8-22(9-11-25)38-45(3,42)43/h7-12,15-16,23-24,38H,4-6,13-14,17-18H2,1-3H3,(H2,34,40)(H2,36,37,41). The molecule has 0 bridgehead atoms. The summed E-state index contributed by atoms with van der Waals surface area (Å²) in [6, 6.07) is 11.0. The minimum atomic E-state index is -3.37. The number of ether oxygens (including phenoxy) is 1. The summed E-state index contributed by atoms with van der Waals surface area (Å²) < 4.78 is 59.0. The first-order chi connectivity index (χ1) is 21.3. The number of unbranched alkanes of at least 4 members (excludes halogenated alkanes) is 1. The number of carbonyl (C=O) groups is 2. The number of rotatable bonds is 12. The third-order valence-corrected chi connectivity index (χ3v) is 8.14. The highest BCUT2D eigenvalue weighted by Crippen LogP contribution is 2.28. The van der Waals surface area contributed by atoms with Crippen LogP contribution in [0.15, 0.2) is 48.5 Å². The van der Waals surface area contributed by atoms with Crippen molar-refractivity contribution in [1.82, 2.24) is 15.2 Å². The molecule has 4 rings (SSSR count). The van der Waals surface area contributed by atoms with Gasteiger partial charge in [-0.2, -0.15) is 0 Å². The molecule has 1 aliphatic heterocycles. The first kappa shape index (κ1) is 33.6. The second-order valence-electron chi connectivity index (χ2n) is 11.2. The SMILES string of the molecule is CCCCC1CC(NC(=O)Nc2cc(F)cc(F)c2C(N)=O)CCN1Cc1ccc(Oc2ccc(NS(C)(=O)=O)cc2)nc1C. The highest BCUT2D eigenvalue weighted by atomic mass is 32.2. The van der Waals surface area contributed by atoms with Crippen LogP contribution in [0.25, 0.3) is 0 Å². The average Bonchev–Trinajstić information content (AvgIpc) is 2.94. The molecule has 1 fully saturated rings. The Kier molecular flexibility index (Phi) is 10.9. The predicted molar refractivity (Wildman–Crippen MR) is 168 cm³/mol. The Morgan fingerprint density at radius 1 is 1.13 bits per heavy atom. The minimum Gasteiger partial charge on any atom is -0.439 e. The maximum atomic E-state index is 14.1. The summed E-state index contributed by atoms with van der Waals surface area (Å²) in [6.45, 7) is 5.39. The lowest BCUT2D eigenvalue weighted by Gasteiger charge is -2.40. The van der Waals surface area contributed by atoms with Gasteiger partial charge >= 0.3 is 6.03 Å². The molecule has 2 heterocycles. The number of nitrogens with zero attached hydrogens (tertiary/aromatic N) is 2. The maximum Gasteiger partial charge on any atom is 0.319 e. The molecule has 1 saturated heterocycles. The lowest BCUT2D eigenvalue weighted by molar-refractivity contribution is 0.0997. The van der Waals surface area contributed by atoms with Crippen LogP contribution in [0.5, 0.6) is 11.6 Å². The molecule has 3 amide bonds. The number of piperidine rings is 1. The van der Waals surface area contributed by atoms with Crippen molar-refractivity contribution in [2.75, 3.05) is 22.8 Å². The number of nitrogens with one attached hydrogen (secondary N) is 3. The van der Waals surface area contributed by atoms with E-state index in [1.807, 2.05) is 13.0 Å². The molecule has 3 aromatic rings. The minimum absolute atomic E-state index is 0.172. The summed E-state index contributed by atoms with van der Waals surface area (Å²) in [5.41, 5.74) is 6.60. The molecule has 2 unspecified atom stereocenters. The van der Waals surface area contributed by atoms with Crippen molar-refractivity contribution in [3.8, 4) is 11.6 Å². The van der Waals surface area contributed by atoms with E-state index in [9.17, 15) is 26.8 Å². The Labute approximate surface area is 261 Å². The molecule has 0 spiro atoms. The second-order valence-corrected chi connectivity index (χ2v) is 12.9. The zero-order chi connectivity index (χ0) is 32.7. The number of sulfonamides is 1. The Morgan fingerprint density at radius 3 is 2.51 bits per heavy atom. The normalized spacial score (nSPS) is 17.0. The van der Waals surface area contributed by atoms with Crippen molar-refractivity contribution in [2.24, 2.45) is 5.73 Å². The number of hydrogen-bond acceptors (Lipinski definition) is 7. The summed E-state index contributed by atoms with van der Waals surface area (Å²) in [5, 5.41) is 5.26. The molecule has 1 aromatic heterocycles. The van der Waals surface area contributed by atoms with E-state index in [4.69, 9.17) is 10.5 Å². The first-order valence-corrected chi connectivity index (χ1v) is 16.5. The molecule has 14 heteroatoms. The fourth-order valence-corrected chi connectivity index (χ4v) is 5.95. The number of hydrogen-bond donors (Lipinski definition) is 4. The van der Waals surface area contributed by atoms with Gasteiger partial charge in [-0.3, -0.25) is 14.4 Å². The van der Waals surface area contributed by atoms with Gasteiger partial charge in [0.15, 0.2) is 0 Å². The Bertz CT molecular complexity index is 1640. The Hall–Kier alpha value is -4.30. The quantitative estimate of drug-likeness (QED) is 0.209. The van der Waals surface area contributed by atoms with E-state index in [1.54, 1.807) is 30.3 Å². The average molecular weight is 645 g/mol. The lowest BCUT2D eigenvalue weighted by Crippen LogP contribution is -2.50. The van der Waals surface area contributed by atoms with Crippen molar-refractivity contribution in [3.05, 3.63) is 77.0 Å². The molecule has 45 heavy (non-hydrogen) atoms. The largest absolute Gasteiger partial charge is 0.439 e. The summed E-state index contributed by atoms with van der Waals surface area (Å²) in [5.74, 6) is -2.27. The van der Waals surface area contributed by atoms with Gasteiger partial charge in [0.1, 0.15) is 17.4 Å². The van der Waals surface area contributed by atoms with Gasteiger partial charge in [-0.1, -0.05) is 25.8 Å². The van der Waals surface area contributed by atoms with Gasteiger partial charge in [-0.05, 0) is 62.1 Å². The molecular formula is C31H38F2N6O5S. The zero-order valence-electron chi connectivity index (χ0n) is 25.4. The van der Waals surface area contributed by atoms with Gasteiger partial charge in [-0.25, -0.2) is 27.0 Å². The lowest BCUT2D eigenvalue weighted by atomic mass is 9.92. The summed E-state index contributed by atoms with van der Waals surface area (Å²) in [4.78, 5) is 31.4. The van der Waals surface area contributed by atoms with Crippen molar-refractivity contribution in [3.63, 3.8) is 0 Å². The van der Waals surface area contributed by atoms with Gasteiger partial charge in [0.2, 0.25) is 15.9 Å². The molecule has 0 radical (unpaired) electrons. The van der Waals surface area contributed by atoms with E-state index < -0.39 is 39.2 Å². The van der Waals surface area contributed by atoms with Crippen LogP contribution < -0.4 is 25.8 Å². The number of aryl methyl sites for hydroxylation is 1. The van der Waals surface area contributed by atoms with E-state index >= 15 is 0 Å². The van der Waals surface area contributed by atoms with E-state index in [0.717, 1.165) is 42.8 Å². The highest BCUT2D eigenvalue weighted by molar-refractivity contribution is 7.92. The van der Waals surface area contributed by atoms with Gasteiger partial charge in [-0.15, -0.1) is 0 Å². The molecule has 1 aliphatic rings. The molecule has 2 atom stereocenters. The van der Waals surface area contributed by atoms with Gasteiger partial charge in [0, 0.05) is 48.7 Å². The van der Waals surface area contributed by atoms with E-state index in [0.29, 0.717) is 49.3 Å². The number of carbonyl (C=O) groups excluding carboxylic acids is 2. The molecule has 11 nitrogen and oxygen atoms in total. The number of nitrogens with two attached hydrogens (primary N) is 1. The number of amides is 3. The van der Waals surface area contributed by atoms with Crippen LogP contribution in [-0.4, -0.2) is 55.1 Å². The first-order valence-electron chi connectivity index (χ1n) is 14.6. The number of urea groups is 1. The van der Waals surface area contributed by atoms with Gasteiger partial charge in [0.05, 0.1) is 17.5 Å². The van der Waals surface area contributed by atoms with Crippen LogP contribution in [0, 0.1) is 18.6 Å². The number of pyridine rings is 1. The molecule has 242 valence electrons. The van der Waals surface area contributed by atoms with Crippen LogP contribution in [0.3, 0.4) is 0 Å². The van der Waals surface area contributed by atoms with Crippen LogP contribution in [0.4, 0.5) is 25.0 Å². The predicted octanol–water partition coefficient (Wildman–Crippen LogP) is 5.28. The number of likely N-dealkylation sites (tertiary alicyclic amines) is 1. The van der Waals surface area contributed by atoms with E-state index in [-0.39, 0.29) is 17.8 Å². The highest BCUT2D eigenvalue weighted by Gasteiger charge is 2.30. The number of halogens is 2. The molecule has 0 saturated carbocycles. The zero-order valence-corrected chi connectivity index (χ0v) is 26.2.